The van der Waals surface area contributed by atoms with Crippen LogP contribution in [-0.4, -0.2) is 38.9 Å². The van der Waals surface area contributed by atoms with Gasteiger partial charge in [-0.15, -0.1) is 0 Å². The Hall–Kier alpha value is -2.16. The number of likely N-dealkylation sites (tertiary alicyclic amines) is 1. The number of amides is 1. The maximum absolute atomic E-state index is 12.5. The molecule has 1 amide bonds. The predicted molar refractivity (Wildman–Crippen MR) is 103 cm³/mol. The average molecular weight is 391 g/mol. The van der Waals surface area contributed by atoms with Crippen molar-refractivity contribution >= 4 is 21.6 Å². The maximum atomic E-state index is 12.5. The highest BCUT2D eigenvalue weighted by molar-refractivity contribution is 7.89. The molecular formula is C19H25N3O4S. The molecule has 146 valence electrons. The number of anilines is 1. The molecule has 1 saturated heterocycles. The van der Waals surface area contributed by atoms with Crippen molar-refractivity contribution in [3.8, 4) is 0 Å². The number of hydrogen-bond donors (Lipinski definition) is 2. The van der Waals surface area contributed by atoms with Crippen molar-refractivity contribution in [2.45, 2.75) is 31.2 Å². The number of carbonyl (C=O) groups is 1. The van der Waals surface area contributed by atoms with Gasteiger partial charge in [0, 0.05) is 19.2 Å². The van der Waals surface area contributed by atoms with E-state index in [0.717, 1.165) is 38.2 Å². The zero-order valence-electron chi connectivity index (χ0n) is 15.3. The van der Waals surface area contributed by atoms with Gasteiger partial charge < -0.3 is 9.73 Å². The fourth-order valence-corrected chi connectivity index (χ4v) is 4.32. The molecule has 7 nitrogen and oxygen atoms in total. The van der Waals surface area contributed by atoms with E-state index < -0.39 is 10.0 Å². The fourth-order valence-electron chi connectivity index (χ4n) is 3.20. The van der Waals surface area contributed by atoms with Gasteiger partial charge in [0.2, 0.25) is 15.9 Å². The van der Waals surface area contributed by atoms with Crippen LogP contribution >= 0.6 is 0 Å². The van der Waals surface area contributed by atoms with Crippen LogP contribution in [-0.2, 0) is 21.4 Å². The van der Waals surface area contributed by atoms with Crippen LogP contribution in [0.1, 0.15) is 25.5 Å². The summed E-state index contributed by atoms with van der Waals surface area (Å²) in [7, 11) is -3.55. The van der Waals surface area contributed by atoms with Crippen LogP contribution < -0.4 is 10.0 Å². The van der Waals surface area contributed by atoms with E-state index in [1.165, 1.54) is 19.1 Å². The summed E-state index contributed by atoms with van der Waals surface area (Å²) < 4.78 is 33.0. The predicted octanol–water partition coefficient (Wildman–Crippen LogP) is 2.43. The van der Waals surface area contributed by atoms with Crippen LogP contribution in [0.15, 0.2) is 52.0 Å². The van der Waals surface area contributed by atoms with Crippen LogP contribution in [0.4, 0.5) is 5.69 Å². The molecule has 2 N–H and O–H groups in total. The summed E-state index contributed by atoms with van der Waals surface area (Å²) in [6, 6.07) is 10.0. The Bertz CT molecular complexity index is 840. The first-order valence-corrected chi connectivity index (χ1v) is 10.5. The third kappa shape index (κ3) is 5.66. The normalized spacial score (nSPS) is 16.3. The summed E-state index contributed by atoms with van der Waals surface area (Å²) in [5.74, 6) is 1.09. The Kier molecular flexibility index (Phi) is 6.30. The number of rotatable bonds is 7. The van der Waals surface area contributed by atoms with Crippen molar-refractivity contribution in [1.29, 1.82) is 0 Å². The summed E-state index contributed by atoms with van der Waals surface area (Å²) in [5.41, 5.74) is 0.574. The molecule has 3 rings (SSSR count). The molecule has 0 aliphatic carbocycles. The van der Waals surface area contributed by atoms with Gasteiger partial charge in [-0.2, -0.15) is 0 Å². The first-order valence-electron chi connectivity index (χ1n) is 9.04. The van der Waals surface area contributed by atoms with Gasteiger partial charge in [0.1, 0.15) is 5.76 Å². The van der Waals surface area contributed by atoms with Crippen molar-refractivity contribution < 1.29 is 17.6 Å². The topological polar surface area (TPSA) is 91.6 Å². The van der Waals surface area contributed by atoms with Crippen molar-refractivity contribution in [2.24, 2.45) is 5.92 Å². The van der Waals surface area contributed by atoms with Gasteiger partial charge in [0.15, 0.2) is 0 Å². The molecule has 1 aliphatic rings. The lowest BCUT2D eigenvalue weighted by molar-refractivity contribution is -0.114. The van der Waals surface area contributed by atoms with Crippen LogP contribution in [0.3, 0.4) is 0 Å². The Morgan fingerprint density at radius 3 is 2.48 bits per heavy atom. The third-order valence-electron chi connectivity index (χ3n) is 4.71. The summed E-state index contributed by atoms with van der Waals surface area (Å²) in [4.78, 5) is 13.6. The van der Waals surface area contributed by atoms with Gasteiger partial charge in [0.25, 0.3) is 0 Å². The number of hydrogen-bond acceptors (Lipinski definition) is 5. The average Bonchev–Trinajstić information content (AvgIpc) is 3.14. The quantitative estimate of drug-likeness (QED) is 0.756. The first-order chi connectivity index (χ1) is 12.9. The molecule has 0 spiro atoms. The maximum Gasteiger partial charge on any atom is 0.240 e. The molecule has 1 aromatic carbocycles. The summed E-state index contributed by atoms with van der Waals surface area (Å²) in [6.07, 6.45) is 3.58. The van der Waals surface area contributed by atoms with Gasteiger partial charge in [-0.05, 0) is 68.2 Å². The Morgan fingerprint density at radius 1 is 1.19 bits per heavy atom. The lowest BCUT2D eigenvalue weighted by atomic mass is 9.97. The number of furan rings is 1. The van der Waals surface area contributed by atoms with Crippen molar-refractivity contribution in [3.05, 3.63) is 48.4 Å². The van der Waals surface area contributed by atoms with Gasteiger partial charge in [-0.1, -0.05) is 0 Å². The highest BCUT2D eigenvalue weighted by atomic mass is 32.2. The van der Waals surface area contributed by atoms with Crippen LogP contribution in [0, 0.1) is 5.92 Å². The zero-order chi connectivity index (χ0) is 19.3. The number of sulfonamides is 1. The summed E-state index contributed by atoms with van der Waals surface area (Å²) in [6.45, 7) is 4.50. The molecule has 1 aliphatic heterocycles. The van der Waals surface area contributed by atoms with Gasteiger partial charge in [-0.25, -0.2) is 13.1 Å². The number of carbonyl (C=O) groups excluding carboxylic acids is 1. The minimum Gasteiger partial charge on any atom is -0.468 e. The summed E-state index contributed by atoms with van der Waals surface area (Å²) in [5, 5.41) is 2.62. The highest BCUT2D eigenvalue weighted by Gasteiger charge is 2.22. The van der Waals surface area contributed by atoms with E-state index in [9.17, 15) is 13.2 Å². The minimum atomic E-state index is -3.55. The van der Waals surface area contributed by atoms with E-state index in [1.807, 2.05) is 12.1 Å². The lowest BCUT2D eigenvalue weighted by Crippen LogP contribution is -2.38. The monoisotopic (exact) mass is 391 g/mol. The Labute approximate surface area is 159 Å². The van der Waals surface area contributed by atoms with E-state index in [0.29, 0.717) is 18.2 Å². The van der Waals surface area contributed by atoms with E-state index >= 15 is 0 Å². The minimum absolute atomic E-state index is 0.192. The molecule has 0 radical (unpaired) electrons. The molecule has 27 heavy (non-hydrogen) atoms. The van der Waals surface area contributed by atoms with Gasteiger partial charge >= 0.3 is 0 Å². The van der Waals surface area contributed by atoms with Crippen LogP contribution in [0.25, 0.3) is 0 Å². The van der Waals surface area contributed by atoms with Crippen molar-refractivity contribution in [2.75, 3.05) is 25.0 Å². The van der Waals surface area contributed by atoms with Crippen molar-refractivity contribution in [1.82, 2.24) is 9.62 Å². The van der Waals surface area contributed by atoms with Crippen LogP contribution in [0.5, 0.6) is 0 Å². The first kappa shape index (κ1) is 19.6. The molecule has 0 bridgehead atoms. The molecule has 1 aromatic heterocycles. The molecule has 2 aromatic rings. The standard InChI is InChI=1S/C19H25N3O4S/c1-15(23)21-17-4-6-19(7-5-17)27(24,25)20-13-16-8-10-22(11-9-16)14-18-3-2-12-26-18/h2-7,12,16,20H,8-11,13-14H2,1H3,(H,21,23). The largest absolute Gasteiger partial charge is 0.468 e. The fraction of sp³-hybridized carbons (Fsp3) is 0.421. The smallest absolute Gasteiger partial charge is 0.240 e. The second-order valence-corrected chi connectivity index (χ2v) is 8.62. The van der Waals surface area contributed by atoms with Crippen molar-refractivity contribution in [3.63, 3.8) is 0 Å². The number of nitrogens with one attached hydrogen (secondary N) is 2. The second kappa shape index (κ2) is 8.69. The highest BCUT2D eigenvalue weighted by Crippen LogP contribution is 2.20. The molecule has 0 unspecified atom stereocenters. The third-order valence-corrected chi connectivity index (χ3v) is 6.15. The molecule has 0 atom stereocenters. The van der Waals surface area contributed by atoms with E-state index in [1.54, 1.807) is 18.4 Å². The summed E-state index contributed by atoms with van der Waals surface area (Å²) >= 11 is 0. The lowest BCUT2D eigenvalue weighted by Gasteiger charge is -2.31. The SMILES string of the molecule is CC(=O)Nc1ccc(S(=O)(=O)NCC2CCN(Cc3ccco3)CC2)cc1. The second-order valence-electron chi connectivity index (χ2n) is 6.86. The van der Waals surface area contributed by atoms with Crippen LogP contribution in [0.2, 0.25) is 0 Å². The van der Waals surface area contributed by atoms with E-state index in [4.69, 9.17) is 4.42 Å². The number of benzene rings is 1. The molecule has 0 saturated carbocycles. The number of piperidine rings is 1. The van der Waals surface area contributed by atoms with Gasteiger partial charge in [0.05, 0.1) is 17.7 Å². The molecule has 1 fully saturated rings. The molecular weight excluding hydrogens is 366 g/mol. The Balaban J connectivity index is 1.47. The number of nitrogens with zero attached hydrogens (tertiary/aromatic N) is 1. The van der Waals surface area contributed by atoms with Gasteiger partial charge in [-0.3, -0.25) is 9.69 Å². The van der Waals surface area contributed by atoms with E-state index in [2.05, 4.69) is 14.9 Å². The van der Waals surface area contributed by atoms with E-state index in [-0.39, 0.29) is 10.8 Å². The zero-order valence-corrected chi connectivity index (χ0v) is 16.2. The molecule has 8 heteroatoms. The Morgan fingerprint density at radius 2 is 1.89 bits per heavy atom. The molecule has 2 heterocycles.